The molecule has 3 N–H and O–H groups in total. The zero-order chi connectivity index (χ0) is 20.3. The largest absolute Gasteiger partial charge is 0.464 e. The van der Waals surface area contributed by atoms with Crippen molar-refractivity contribution in [3.8, 4) is 0 Å². The van der Waals surface area contributed by atoms with Crippen molar-refractivity contribution in [3.05, 3.63) is 70.7 Å². The molecule has 3 aromatic rings. The van der Waals surface area contributed by atoms with Gasteiger partial charge in [-0.2, -0.15) is 0 Å². The van der Waals surface area contributed by atoms with Crippen LogP contribution >= 0.6 is 0 Å². The second-order valence-electron chi connectivity index (χ2n) is 7.06. The number of benzene rings is 2. The monoisotopic (exact) mass is 382 g/mol. The normalized spacial score (nSPS) is 12.1. The fraction of sp³-hybridized carbons (Fsp3) is 0.273. The van der Waals surface area contributed by atoms with Crippen LogP contribution in [-0.2, 0) is 22.4 Å². The summed E-state index contributed by atoms with van der Waals surface area (Å²) < 4.78 is 18.6. The summed E-state index contributed by atoms with van der Waals surface area (Å²) in [5.74, 6) is -1.64. The first-order valence-electron chi connectivity index (χ1n) is 9.12. The summed E-state index contributed by atoms with van der Waals surface area (Å²) in [4.78, 5) is 24.1. The lowest BCUT2D eigenvalue weighted by molar-refractivity contribution is -0.123. The van der Waals surface area contributed by atoms with Gasteiger partial charge in [-0.3, -0.25) is 9.59 Å². The minimum absolute atomic E-state index is 0.124. The minimum Gasteiger partial charge on any atom is -0.464 e. The minimum atomic E-state index is -0.569. The Balaban J connectivity index is 1.63. The number of nitrogens with two attached hydrogens (primary N) is 1. The van der Waals surface area contributed by atoms with Gasteiger partial charge >= 0.3 is 0 Å². The van der Waals surface area contributed by atoms with Gasteiger partial charge in [-0.05, 0) is 49.1 Å². The summed E-state index contributed by atoms with van der Waals surface area (Å²) in [5.41, 5.74) is 10.0. The molecule has 1 heterocycles. The lowest BCUT2D eigenvalue weighted by Crippen LogP contribution is -2.37. The van der Waals surface area contributed by atoms with E-state index in [0.717, 1.165) is 33.2 Å². The van der Waals surface area contributed by atoms with Crippen molar-refractivity contribution in [1.82, 2.24) is 5.32 Å². The van der Waals surface area contributed by atoms with Crippen LogP contribution in [0.3, 0.4) is 0 Å². The third kappa shape index (κ3) is 4.39. The molecule has 0 bridgehead atoms. The van der Waals surface area contributed by atoms with E-state index in [1.54, 1.807) is 18.4 Å². The number of furan rings is 1. The van der Waals surface area contributed by atoms with E-state index < -0.39 is 11.8 Å². The molecule has 0 aliphatic carbocycles. The fourth-order valence-electron chi connectivity index (χ4n) is 3.18. The molecule has 6 heteroatoms. The van der Waals surface area contributed by atoms with Gasteiger partial charge in [0.05, 0.1) is 18.6 Å². The molecule has 0 spiro atoms. The Kier molecular flexibility index (Phi) is 5.78. The van der Waals surface area contributed by atoms with Crippen molar-refractivity contribution >= 4 is 22.8 Å². The van der Waals surface area contributed by atoms with E-state index in [9.17, 15) is 14.0 Å². The highest BCUT2D eigenvalue weighted by molar-refractivity contribution is 5.89. The van der Waals surface area contributed by atoms with E-state index >= 15 is 0 Å². The third-order valence-electron chi connectivity index (χ3n) is 5.04. The summed E-state index contributed by atoms with van der Waals surface area (Å²) in [6.07, 6.45) is 2.08. The lowest BCUT2D eigenvalue weighted by atomic mass is 9.98. The van der Waals surface area contributed by atoms with Crippen LogP contribution in [0, 0.1) is 25.6 Å². The number of hydrogen-bond acceptors (Lipinski definition) is 3. The average molecular weight is 382 g/mol. The second kappa shape index (κ2) is 8.25. The summed E-state index contributed by atoms with van der Waals surface area (Å²) in [6.45, 7) is 4.12. The van der Waals surface area contributed by atoms with Crippen molar-refractivity contribution in [1.29, 1.82) is 0 Å². The Morgan fingerprint density at radius 3 is 2.54 bits per heavy atom. The van der Waals surface area contributed by atoms with Gasteiger partial charge in [0.25, 0.3) is 0 Å². The summed E-state index contributed by atoms with van der Waals surface area (Å²) >= 11 is 0. The van der Waals surface area contributed by atoms with Gasteiger partial charge in [0.1, 0.15) is 11.4 Å². The molecule has 0 fully saturated rings. The van der Waals surface area contributed by atoms with Crippen LogP contribution in [0.1, 0.15) is 22.3 Å². The first-order chi connectivity index (χ1) is 13.3. The molecule has 3 rings (SSSR count). The number of halogens is 1. The zero-order valence-corrected chi connectivity index (χ0v) is 15.9. The van der Waals surface area contributed by atoms with Crippen molar-refractivity contribution in [2.75, 3.05) is 6.54 Å². The van der Waals surface area contributed by atoms with Crippen LogP contribution in [0.5, 0.6) is 0 Å². The maximum Gasteiger partial charge on any atom is 0.224 e. The number of carbonyl (C=O) groups excluding carboxylic acids is 2. The first-order valence-corrected chi connectivity index (χ1v) is 9.12. The van der Waals surface area contributed by atoms with Gasteiger partial charge in [0.2, 0.25) is 11.8 Å². The molecule has 2 amide bonds. The van der Waals surface area contributed by atoms with Gasteiger partial charge in [0, 0.05) is 17.5 Å². The van der Waals surface area contributed by atoms with Crippen LogP contribution in [-0.4, -0.2) is 18.4 Å². The molecule has 0 aliphatic rings. The molecule has 146 valence electrons. The van der Waals surface area contributed by atoms with Crippen molar-refractivity contribution in [2.45, 2.75) is 26.7 Å². The number of nitrogens with one attached hydrogen (secondary N) is 1. The molecule has 5 nitrogen and oxygen atoms in total. The molecule has 1 unspecified atom stereocenters. The van der Waals surface area contributed by atoms with Gasteiger partial charge in [0.15, 0.2) is 0 Å². The summed E-state index contributed by atoms with van der Waals surface area (Å²) in [7, 11) is 0. The molecule has 1 atom stereocenters. The fourth-order valence-corrected chi connectivity index (χ4v) is 3.18. The van der Waals surface area contributed by atoms with Crippen molar-refractivity contribution in [2.24, 2.45) is 11.7 Å². The number of carbonyl (C=O) groups is 2. The van der Waals surface area contributed by atoms with E-state index in [0.29, 0.717) is 6.42 Å². The van der Waals surface area contributed by atoms with Crippen LogP contribution in [0.25, 0.3) is 11.0 Å². The van der Waals surface area contributed by atoms with E-state index in [2.05, 4.69) is 5.32 Å². The predicted octanol–water partition coefficient (Wildman–Crippen LogP) is 3.19. The Hall–Kier alpha value is -3.15. The van der Waals surface area contributed by atoms with Crippen LogP contribution in [0.4, 0.5) is 4.39 Å². The van der Waals surface area contributed by atoms with Gasteiger partial charge in [-0.15, -0.1) is 0 Å². The third-order valence-corrected chi connectivity index (χ3v) is 5.04. The number of fused-ring (bicyclic) bond motifs is 1. The average Bonchev–Trinajstić information content (AvgIpc) is 3.06. The van der Waals surface area contributed by atoms with Gasteiger partial charge < -0.3 is 15.5 Å². The number of aryl methyl sites for hydroxylation is 2. The van der Waals surface area contributed by atoms with Gasteiger partial charge in [-0.1, -0.05) is 24.3 Å². The Morgan fingerprint density at radius 1 is 1.14 bits per heavy atom. The number of hydrogen-bond donors (Lipinski definition) is 2. The molecule has 0 radical (unpaired) electrons. The quantitative estimate of drug-likeness (QED) is 0.658. The number of primary amides is 1. The molecule has 0 aliphatic heterocycles. The van der Waals surface area contributed by atoms with Crippen LogP contribution < -0.4 is 11.1 Å². The van der Waals surface area contributed by atoms with E-state index in [4.69, 9.17) is 10.2 Å². The molecule has 28 heavy (non-hydrogen) atoms. The highest BCUT2D eigenvalue weighted by Gasteiger charge is 2.18. The molecular weight excluding hydrogens is 359 g/mol. The maximum absolute atomic E-state index is 13.0. The van der Waals surface area contributed by atoms with Crippen molar-refractivity contribution < 1.29 is 18.4 Å². The summed E-state index contributed by atoms with van der Waals surface area (Å²) in [6, 6.07) is 9.83. The van der Waals surface area contributed by atoms with E-state index in [1.807, 2.05) is 26.0 Å². The second-order valence-corrected chi connectivity index (χ2v) is 7.06. The molecular formula is C22H23FN2O3. The summed E-state index contributed by atoms with van der Waals surface area (Å²) in [5, 5.41) is 3.68. The standard InChI is InChI=1S/C22H23FN2O3/c1-13-3-8-19-17(12-28-21(19)14(13)2)10-20(26)25-11-16(22(24)27)9-15-4-6-18(23)7-5-15/h3-8,12,16H,9-11H2,1-2H3,(H2,24,27)(H,25,26). The van der Waals surface area contributed by atoms with Crippen molar-refractivity contribution in [3.63, 3.8) is 0 Å². The smallest absolute Gasteiger partial charge is 0.224 e. The van der Waals surface area contributed by atoms with E-state index in [-0.39, 0.29) is 24.7 Å². The topological polar surface area (TPSA) is 85.3 Å². The van der Waals surface area contributed by atoms with Crippen LogP contribution in [0.15, 0.2) is 47.1 Å². The molecule has 0 saturated heterocycles. The molecule has 1 aromatic heterocycles. The lowest BCUT2D eigenvalue weighted by Gasteiger charge is -2.14. The number of rotatable bonds is 7. The van der Waals surface area contributed by atoms with Crippen LogP contribution in [0.2, 0.25) is 0 Å². The highest BCUT2D eigenvalue weighted by Crippen LogP contribution is 2.26. The Labute approximate surface area is 162 Å². The SMILES string of the molecule is Cc1ccc2c(CC(=O)NCC(Cc3ccc(F)cc3)C(N)=O)coc2c1C. The zero-order valence-electron chi connectivity index (χ0n) is 15.9. The maximum atomic E-state index is 13.0. The Bertz CT molecular complexity index is 1010. The first kappa shape index (κ1) is 19.6. The predicted molar refractivity (Wildman–Crippen MR) is 105 cm³/mol. The molecule has 0 saturated carbocycles. The highest BCUT2D eigenvalue weighted by atomic mass is 19.1. The molecule has 2 aromatic carbocycles. The van der Waals surface area contributed by atoms with Gasteiger partial charge in [-0.25, -0.2) is 4.39 Å². The Morgan fingerprint density at radius 2 is 1.86 bits per heavy atom. The number of amides is 2. The van der Waals surface area contributed by atoms with E-state index in [1.165, 1.54) is 12.1 Å².